The summed E-state index contributed by atoms with van der Waals surface area (Å²) in [6.45, 7) is 3.75. The van der Waals surface area contributed by atoms with Crippen LogP contribution in [0.4, 0.5) is 5.69 Å². The van der Waals surface area contributed by atoms with Crippen LogP contribution in [0.1, 0.15) is 11.4 Å². The highest BCUT2D eigenvalue weighted by atomic mass is 35.5. The van der Waals surface area contributed by atoms with E-state index in [0.29, 0.717) is 0 Å². The van der Waals surface area contributed by atoms with Gasteiger partial charge >= 0.3 is 0 Å². The minimum Gasteiger partial charge on any atom is -0.323 e. The van der Waals surface area contributed by atoms with E-state index in [2.05, 4.69) is 10.3 Å². The van der Waals surface area contributed by atoms with E-state index in [-0.39, 0.29) is 11.8 Å². The Morgan fingerprint density at radius 1 is 1.54 bits per heavy atom. The fourth-order valence-corrected chi connectivity index (χ4v) is 1.07. The first kappa shape index (κ1) is 9.99. The molecule has 0 fully saturated rings. The van der Waals surface area contributed by atoms with Crippen molar-refractivity contribution in [3.8, 4) is 0 Å². The van der Waals surface area contributed by atoms with E-state index in [1.807, 2.05) is 26.0 Å². The average Bonchev–Trinajstić information content (AvgIpc) is 2.09. The summed E-state index contributed by atoms with van der Waals surface area (Å²) < 4.78 is 0. The van der Waals surface area contributed by atoms with Crippen LogP contribution >= 0.6 is 11.6 Å². The molecule has 4 heteroatoms. The molecule has 0 saturated heterocycles. The largest absolute Gasteiger partial charge is 0.323 e. The molecule has 0 aromatic carbocycles. The number of rotatable bonds is 2. The topological polar surface area (TPSA) is 42.0 Å². The standard InChI is InChI=1S/C9H11ClN2O/c1-6-3-4-8(7(2)11-6)12-9(13)5-10/h3-4H,5H2,1-2H3,(H,12,13). The number of carbonyl (C=O) groups is 1. The highest BCUT2D eigenvalue weighted by Crippen LogP contribution is 2.12. The molecule has 1 aromatic rings. The molecule has 0 aliphatic rings. The molecule has 1 heterocycles. The number of alkyl halides is 1. The lowest BCUT2D eigenvalue weighted by molar-refractivity contribution is -0.113. The quantitative estimate of drug-likeness (QED) is 0.738. The zero-order valence-corrected chi connectivity index (χ0v) is 8.35. The zero-order chi connectivity index (χ0) is 9.84. The number of hydrogen-bond donors (Lipinski definition) is 1. The Morgan fingerprint density at radius 2 is 2.23 bits per heavy atom. The Balaban J connectivity index is 2.83. The fraction of sp³-hybridized carbons (Fsp3) is 0.333. The van der Waals surface area contributed by atoms with Crippen molar-refractivity contribution in [2.45, 2.75) is 13.8 Å². The van der Waals surface area contributed by atoms with E-state index in [4.69, 9.17) is 11.6 Å². The molecule has 0 aliphatic carbocycles. The molecule has 70 valence electrons. The van der Waals surface area contributed by atoms with Crippen LogP contribution in [0.2, 0.25) is 0 Å². The maximum atomic E-state index is 10.9. The van der Waals surface area contributed by atoms with E-state index < -0.39 is 0 Å². The number of aryl methyl sites for hydroxylation is 2. The first-order chi connectivity index (χ1) is 6.13. The van der Waals surface area contributed by atoms with Crippen molar-refractivity contribution in [1.82, 2.24) is 4.98 Å². The number of nitrogens with zero attached hydrogens (tertiary/aromatic N) is 1. The van der Waals surface area contributed by atoms with Crippen LogP contribution in [0.5, 0.6) is 0 Å². The second-order valence-corrected chi connectivity index (χ2v) is 3.03. The van der Waals surface area contributed by atoms with Gasteiger partial charge in [0.15, 0.2) is 0 Å². The van der Waals surface area contributed by atoms with Gasteiger partial charge < -0.3 is 5.32 Å². The average molecular weight is 199 g/mol. The summed E-state index contributed by atoms with van der Waals surface area (Å²) in [5.74, 6) is -0.247. The first-order valence-electron chi connectivity index (χ1n) is 3.93. The molecule has 13 heavy (non-hydrogen) atoms. The second kappa shape index (κ2) is 4.23. The summed E-state index contributed by atoms with van der Waals surface area (Å²) in [7, 11) is 0. The van der Waals surface area contributed by atoms with Crippen molar-refractivity contribution in [2.75, 3.05) is 11.2 Å². The second-order valence-electron chi connectivity index (χ2n) is 2.77. The Labute approximate surface area is 82.1 Å². The van der Waals surface area contributed by atoms with Gasteiger partial charge in [0.25, 0.3) is 0 Å². The van der Waals surface area contributed by atoms with E-state index in [1.54, 1.807) is 0 Å². The molecule has 0 atom stereocenters. The normalized spacial score (nSPS) is 9.77. The molecular formula is C9H11ClN2O. The third kappa shape index (κ3) is 2.70. The van der Waals surface area contributed by atoms with E-state index in [0.717, 1.165) is 17.1 Å². The van der Waals surface area contributed by atoms with E-state index in [1.165, 1.54) is 0 Å². The number of halogens is 1. The Hall–Kier alpha value is -1.09. The van der Waals surface area contributed by atoms with Gasteiger partial charge in [0, 0.05) is 5.69 Å². The fourth-order valence-electron chi connectivity index (χ4n) is 1.00. The number of amides is 1. The molecule has 0 saturated carbocycles. The lowest BCUT2D eigenvalue weighted by Gasteiger charge is -2.06. The molecule has 1 rings (SSSR count). The van der Waals surface area contributed by atoms with Gasteiger partial charge in [0.2, 0.25) is 5.91 Å². The summed E-state index contributed by atoms with van der Waals surface area (Å²) in [6, 6.07) is 3.67. The lowest BCUT2D eigenvalue weighted by atomic mass is 10.3. The minimum atomic E-state index is -0.213. The summed E-state index contributed by atoms with van der Waals surface area (Å²) in [6.07, 6.45) is 0. The van der Waals surface area contributed by atoms with Gasteiger partial charge in [-0.2, -0.15) is 0 Å². The molecular weight excluding hydrogens is 188 g/mol. The monoisotopic (exact) mass is 198 g/mol. The van der Waals surface area contributed by atoms with Gasteiger partial charge in [0.1, 0.15) is 5.88 Å². The number of nitrogens with one attached hydrogen (secondary N) is 1. The minimum absolute atomic E-state index is 0.0344. The van der Waals surface area contributed by atoms with Crippen LogP contribution in [0.15, 0.2) is 12.1 Å². The van der Waals surface area contributed by atoms with Crippen molar-refractivity contribution < 1.29 is 4.79 Å². The summed E-state index contributed by atoms with van der Waals surface area (Å²) in [4.78, 5) is 15.2. The van der Waals surface area contributed by atoms with Crippen LogP contribution in [0, 0.1) is 13.8 Å². The summed E-state index contributed by atoms with van der Waals surface area (Å²) in [5.41, 5.74) is 2.45. The van der Waals surface area contributed by atoms with Gasteiger partial charge in [-0.05, 0) is 26.0 Å². The third-order valence-electron chi connectivity index (χ3n) is 1.62. The maximum absolute atomic E-state index is 10.9. The SMILES string of the molecule is Cc1ccc(NC(=O)CCl)c(C)n1. The van der Waals surface area contributed by atoms with E-state index >= 15 is 0 Å². The molecule has 0 radical (unpaired) electrons. The van der Waals surface area contributed by atoms with Gasteiger partial charge in [-0.15, -0.1) is 11.6 Å². The highest BCUT2D eigenvalue weighted by Gasteiger charge is 2.03. The Morgan fingerprint density at radius 3 is 2.77 bits per heavy atom. The maximum Gasteiger partial charge on any atom is 0.239 e. The molecule has 3 nitrogen and oxygen atoms in total. The number of anilines is 1. The van der Waals surface area contributed by atoms with Crippen molar-refractivity contribution >= 4 is 23.2 Å². The van der Waals surface area contributed by atoms with Crippen molar-refractivity contribution in [2.24, 2.45) is 0 Å². The van der Waals surface area contributed by atoms with Crippen molar-refractivity contribution in [3.63, 3.8) is 0 Å². The molecule has 0 aliphatic heterocycles. The molecule has 0 spiro atoms. The smallest absolute Gasteiger partial charge is 0.239 e. The zero-order valence-electron chi connectivity index (χ0n) is 7.60. The highest BCUT2D eigenvalue weighted by molar-refractivity contribution is 6.29. The molecule has 0 unspecified atom stereocenters. The number of carbonyl (C=O) groups excluding carboxylic acids is 1. The molecule has 1 aromatic heterocycles. The van der Waals surface area contributed by atoms with E-state index in [9.17, 15) is 4.79 Å². The van der Waals surface area contributed by atoms with Crippen LogP contribution in [0.25, 0.3) is 0 Å². The predicted molar refractivity (Wildman–Crippen MR) is 53.1 cm³/mol. The van der Waals surface area contributed by atoms with Crippen LogP contribution in [0.3, 0.4) is 0 Å². The Bertz CT molecular complexity index is 325. The van der Waals surface area contributed by atoms with Crippen LogP contribution in [-0.4, -0.2) is 16.8 Å². The molecule has 1 N–H and O–H groups in total. The Kier molecular flexibility index (Phi) is 3.25. The van der Waals surface area contributed by atoms with Gasteiger partial charge in [-0.3, -0.25) is 9.78 Å². The van der Waals surface area contributed by atoms with Crippen molar-refractivity contribution in [1.29, 1.82) is 0 Å². The van der Waals surface area contributed by atoms with Crippen LogP contribution < -0.4 is 5.32 Å². The summed E-state index contributed by atoms with van der Waals surface area (Å²) in [5, 5.41) is 2.65. The van der Waals surface area contributed by atoms with Crippen LogP contribution in [-0.2, 0) is 4.79 Å². The number of pyridine rings is 1. The lowest BCUT2D eigenvalue weighted by Crippen LogP contribution is -2.13. The van der Waals surface area contributed by atoms with Crippen molar-refractivity contribution in [3.05, 3.63) is 23.5 Å². The molecule has 1 amide bonds. The first-order valence-corrected chi connectivity index (χ1v) is 4.47. The van der Waals surface area contributed by atoms with Gasteiger partial charge in [0.05, 0.1) is 11.4 Å². The number of hydrogen-bond acceptors (Lipinski definition) is 2. The summed E-state index contributed by atoms with van der Waals surface area (Å²) >= 11 is 5.35. The molecule has 0 bridgehead atoms. The van der Waals surface area contributed by atoms with Gasteiger partial charge in [-0.1, -0.05) is 0 Å². The third-order valence-corrected chi connectivity index (χ3v) is 1.86. The predicted octanol–water partition coefficient (Wildman–Crippen LogP) is 1.88. The number of aromatic nitrogens is 1. The van der Waals surface area contributed by atoms with Gasteiger partial charge in [-0.25, -0.2) is 0 Å².